The summed E-state index contributed by atoms with van der Waals surface area (Å²) in [5.41, 5.74) is -0.549. The van der Waals surface area contributed by atoms with Crippen LogP contribution in [0.15, 0.2) is 10.7 Å². The van der Waals surface area contributed by atoms with Crippen LogP contribution in [0.1, 0.15) is 17.6 Å². The van der Waals surface area contributed by atoms with Crippen molar-refractivity contribution < 1.29 is 13.5 Å². The van der Waals surface area contributed by atoms with Crippen molar-refractivity contribution in [3.05, 3.63) is 21.8 Å². The lowest BCUT2D eigenvalue weighted by Crippen LogP contribution is -1.98. The summed E-state index contributed by atoms with van der Waals surface area (Å²) in [7, 11) is 1.35. The predicted octanol–water partition coefficient (Wildman–Crippen LogP) is 2.66. The van der Waals surface area contributed by atoms with Crippen LogP contribution in [0.25, 0.3) is 0 Å². The van der Waals surface area contributed by atoms with Gasteiger partial charge in [0, 0.05) is 6.07 Å². The SMILES string of the molecule is COc1cc(C#N)c(C(F)F)c(Br)n1. The molecule has 14 heavy (non-hydrogen) atoms. The topological polar surface area (TPSA) is 45.9 Å². The van der Waals surface area contributed by atoms with E-state index in [1.54, 1.807) is 6.07 Å². The number of ether oxygens (including phenoxy) is 1. The third-order valence-corrected chi connectivity index (χ3v) is 2.14. The summed E-state index contributed by atoms with van der Waals surface area (Å²) >= 11 is 2.86. The van der Waals surface area contributed by atoms with Gasteiger partial charge in [-0.15, -0.1) is 0 Å². The molecule has 3 nitrogen and oxygen atoms in total. The van der Waals surface area contributed by atoms with Crippen molar-refractivity contribution in [3.63, 3.8) is 0 Å². The first-order valence-corrected chi connectivity index (χ1v) is 4.32. The third kappa shape index (κ3) is 1.99. The molecule has 0 aliphatic rings. The van der Waals surface area contributed by atoms with Gasteiger partial charge in [-0.1, -0.05) is 0 Å². The summed E-state index contributed by atoms with van der Waals surface area (Å²) < 4.78 is 29.6. The second kappa shape index (κ2) is 4.33. The van der Waals surface area contributed by atoms with Crippen LogP contribution < -0.4 is 4.74 Å². The minimum atomic E-state index is -2.74. The Kier molecular flexibility index (Phi) is 3.36. The molecule has 0 atom stereocenters. The number of hydrogen-bond donors (Lipinski definition) is 0. The van der Waals surface area contributed by atoms with Crippen molar-refractivity contribution >= 4 is 15.9 Å². The zero-order chi connectivity index (χ0) is 10.7. The van der Waals surface area contributed by atoms with E-state index in [2.05, 4.69) is 20.9 Å². The Hall–Kier alpha value is -1.22. The number of methoxy groups -OCH3 is 1. The molecule has 0 fully saturated rings. The average molecular weight is 263 g/mol. The molecule has 0 saturated heterocycles. The maximum absolute atomic E-state index is 12.4. The van der Waals surface area contributed by atoms with Gasteiger partial charge < -0.3 is 4.74 Å². The summed E-state index contributed by atoms with van der Waals surface area (Å²) in [4.78, 5) is 3.68. The fourth-order valence-electron chi connectivity index (χ4n) is 0.906. The number of hydrogen-bond acceptors (Lipinski definition) is 3. The number of nitriles is 1. The van der Waals surface area contributed by atoms with Crippen LogP contribution in [0.4, 0.5) is 8.78 Å². The molecule has 0 aliphatic heterocycles. The van der Waals surface area contributed by atoms with Crippen LogP contribution in [-0.2, 0) is 0 Å². The Bertz CT molecular complexity index is 390. The molecule has 0 saturated carbocycles. The molecule has 0 aromatic carbocycles. The second-order valence-corrected chi connectivity index (χ2v) is 3.08. The smallest absolute Gasteiger partial charge is 0.267 e. The molecule has 0 amide bonds. The van der Waals surface area contributed by atoms with Gasteiger partial charge in [-0.2, -0.15) is 5.26 Å². The van der Waals surface area contributed by atoms with Crippen molar-refractivity contribution in [2.45, 2.75) is 6.43 Å². The van der Waals surface area contributed by atoms with Gasteiger partial charge in [0.15, 0.2) is 0 Å². The number of rotatable bonds is 2. The molecule has 0 N–H and O–H groups in total. The zero-order valence-electron chi connectivity index (χ0n) is 7.09. The first-order chi connectivity index (χ1) is 6.60. The number of nitrogens with zero attached hydrogens (tertiary/aromatic N) is 2. The summed E-state index contributed by atoms with van der Waals surface area (Å²) in [5.74, 6) is 0.123. The molecule has 0 aliphatic carbocycles. The molecular formula is C8H5BrF2N2O. The molecule has 0 unspecified atom stereocenters. The zero-order valence-corrected chi connectivity index (χ0v) is 8.68. The van der Waals surface area contributed by atoms with E-state index >= 15 is 0 Å². The fraction of sp³-hybridized carbons (Fsp3) is 0.250. The lowest BCUT2D eigenvalue weighted by Gasteiger charge is -2.06. The van der Waals surface area contributed by atoms with Crippen molar-refractivity contribution in [2.24, 2.45) is 0 Å². The number of alkyl halides is 2. The van der Waals surface area contributed by atoms with Crippen molar-refractivity contribution in [2.75, 3.05) is 7.11 Å². The van der Waals surface area contributed by atoms with E-state index in [0.717, 1.165) is 0 Å². The Morgan fingerprint density at radius 3 is 2.71 bits per heavy atom. The standard InChI is InChI=1S/C8H5BrF2N2O/c1-14-5-2-4(3-12)6(8(10)11)7(9)13-5/h2,8H,1H3. The molecule has 1 aromatic rings. The quantitative estimate of drug-likeness (QED) is 0.770. The monoisotopic (exact) mass is 262 g/mol. The van der Waals surface area contributed by atoms with E-state index in [1.807, 2.05) is 0 Å². The number of pyridine rings is 1. The highest BCUT2D eigenvalue weighted by Crippen LogP contribution is 2.31. The first kappa shape index (κ1) is 10.9. The van der Waals surface area contributed by atoms with E-state index in [-0.39, 0.29) is 16.0 Å². The van der Waals surface area contributed by atoms with Crippen LogP contribution in [0.5, 0.6) is 5.88 Å². The van der Waals surface area contributed by atoms with Crippen LogP contribution in [-0.4, -0.2) is 12.1 Å². The lowest BCUT2D eigenvalue weighted by atomic mass is 10.1. The molecular weight excluding hydrogens is 258 g/mol. The summed E-state index contributed by atoms with van der Waals surface area (Å²) in [6.45, 7) is 0. The maximum atomic E-state index is 12.4. The molecule has 0 radical (unpaired) electrons. The van der Waals surface area contributed by atoms with Crippen LogP contribution >= 0.6 is 15.9 Å². The van der Waals surface area contributed by atoms with E-state index in [4.69, 9.17) is 10.00 Å². The minimum absolute atomic E-state index is 0.0663. The third-order valence-electron chi connectivity index (χ3n) is 1.54. The molecule has 1 aromatic heterocycles. The van der Waals surface area contributed by atoms with Crippen LogP contribution in [0.3, 0.4) is 0 Å². The normalized spacial score (nSPS) is 10.0. The molecule has 6 heteroatoms. The van der Waals surface area contributed by atoms with Gasteiger partial charge in [-0.25, -0.2) is 13.8 Å². The van der Waals surface area contributed by atoms with E-state index in [9.17, 15) is 8.78 Å². The summed E-state index contributed by atoms with van der Waals surface area (Å²) in [6.07, 6.45) is -2.74. The van der Waals surface area contributed by atoms with Crippen molar-refractivity contribution in [1.82, 2.24) is 4.98 Å². The first-order valence-electron chi connectivity index (χ1n) is 3.52. The van der Waals surface area contributed by atoms with E-state index < -0.39 is 12.0 Å². The Morgan fingerprint density at radius 2 is 2.29 bits per heavy atom. The number of halogens is 3. The van der Waals surface area contributed by atoms with E-state index in [1.165, 1.54) is 13.2 Å². The summed E-state index contributed by atoms with van der Waals surface area (Å²) in [6, 6.07) is 2.84. The Morgan fingerprint density at radius 1 is 1.64 bits per heavy atom. The average Bonchev–Trinajstić information content (AvgIpc) is 2.15. The highest BCUT2D eigenvalue weighted by molar-refractivity contribution is 9.10. The number of aromatic nitrogens is 1. The fourth-order valence-corrected chi connectivity index (χ4v) is 1.47. The van der Waals surface area contributed by atoms with Gasteiger partial charge in [0.25, 0.3) is 6.43 Å². The Labute approximate surface area is 87.5 Å². The van der Waals surface area contributed by atoms with Crippen LogP contribution in [0, 0.1) is 11.3 Å². The minimum Gasteiger partial charge on any atom is -0.481 e. The predicted molar refractivity (Wildman–Crippen MR) is 48.2 cm³/mol. The molecule has 74 valence electrons. The van der Waals surface area contributed by atoms with Crippen LogP contribution in [0.2, 0.25) is 0 Å². The van der Waals surface area contributed by atoms with Gasteiger partial charge in [0.2, 0.25) is 5.88 Å². The second-order valence-electron chi connectivity index (χ2n) is 2.33. The Balaban J connectivity index is 3.37. The lowest BCUT2D eigenvalue weighted by molar-refractivity contribution is 0.149. The molecule has 1 heterocycles. The van der Waals surface area contributed by atoms with Gasteiger partial charge in [-0.05, 0) is 15.9 Å². The van der Waals surface area contributed by atoms with E-state index in [0.29, 0.717) is 0 Å². The highest BCUT2D eigenvalue weighted by atomic mass is 79.9. The maximum Gasteiger partial charge on any atom is 0.267 e. The van der Waals surface area contributed by atoms with Gasteiger partial charge in [0.1, 0.15) is 4.60 Å². The van der Waals surface area contributed by atoms with Gasteiger partial charge in [0.05, 0.1) is 24.3 Å². The van der Waals surface area contributed by atoms with Gasteiger partial charge >= 0.3 is 0 Å². The van der Waals surface area contributed by atoms with Crippen molar-refractivity contribution in [1.29, 1.82) is 5.26 Å². The molecule has 1 rings (SSSR count). The molecule has 0 spiro atoms. The highest BCUT2D eigenvalue weighted by Gasteiger charge is 2.19. The van der Waals surface area contributed by atoms with Gasteiger partial charge in [-0.3, -0.25) is 0 Å². The molecule has 0 bridgehead atoms. The largest absolute Gasteiger partial charge is 0.481 e. The summed E-state index contributed by atoms with van der Waals surface area (Å²) in [5, 5.41) is 8.62. The van der Waals surface area contributed by atoms with Crippen molar-refractivity contribution in [3.8, 4) is 11.9 Å².